The molecule has 1 heterocycles. The van der Waals surface area contributed by atoms with Gasteiger partial charge in [0.15, 0.2) is 0 Å². The molecule has 0 unspecified atom stereocenters. The number of likely N-dealkylation sites (tertiary alicyclic amines) is 1. The predicted octanol–water partition coefficient (Wildman–Crippen LogP) is 4.77. The van der Waals surface area contributed by atoms with Gasteiger partial charge in [0.1, 0.15) is 11.6 Å². The Morgan fingerprint density at radius 1 is 1.33 bits per heavy atom. The van der Waals surface area contributed by atoms with Crippen molar-refractivity contribution in [3.63, 3.8) is 0 Å². The highest BCUT2D eigenvalue weighted by molar-refractivity contribution is 9.10. The largest absolute Gasteiger partial charge is 0.459 e. The Bertz CT molecular complexity index is 611. The van der Waals surface area contributed by atoms with Crippen molar-refractivity contribution in [2.75, 3.05) is 6.54 Å². The van der Waals surface area contributed by atoms with Gasteiger partial charge in [0.25, 0.3) is 0 Å². The number of alkyl halides is 3. The molecule has 1 aromatic rings. The fourth-order valence-electron chi connectivity index (χ4n) is 2.84. The first-order valence-corrected chi connectivity index (χ1v) is 8.60. The molecule has 1 aliphatic heterocycles. The molecule has 7 heteroatoms. The van der Waals surface area contributed by atoms with E-state index in [9.17, 15) is 18.0 Å². The lowest BCUT2D eigenvalue weighted by atomic mass is 10.1. The fourth-order valence-corrected chi connectivity index (χ4v) is 3.33. The van der Waals surface area contributed by atoms with Crippen LogP contribution >= 0.6 is 15.9 Å². The predicted molar refractivity (Wildman–Crippen MR) is 88.4 cm³/mol. The molecule has 1 fully saturated rings. The van der Waals surface area contributed by atoms with Crippen molar-refractivity contribution < 1.29 is 22.7 Å². The summed E-state index contributed by atoms with van der Waals surface area (Å²) in [5, 5.41) is 0. The quantitative estimate of drug-likeness (QED) is 0.675. The highest BCUT2D eigenvalue weighted by Crippen LogP contribution is 2.36. The molecule has 0 radical (unpaired) electrons. The zero-order chi connectivity index (χ0) is 18.1. The first-order valence-electron chi connectivity index (χ1n) is 7.80. The maximum atomic E-state index is 13.2. The average Bonchev–Trinajstić information content (AvgIpc) is 2.86. The Morgan fingerprint density at radius 3 is 2.58 bits per heavy atom. The van der Waals surface area contributed by atoms with Gasteiger partial charge in [0.05, 0.1) is 5.56 Å². The zero-order valence-corrected chi connectivity index (χ0v) is 15.5. The van der Waals surface area contributed by atoms with Crippen LogP contribution < -0.4 is 0 Å². The van der Waals surface area contributed by atoms with Crippen LogP contribution in [0, 0.1) is 0 Å². The van der Waals surface area contributed by atoms with Crippen molar-refractivity contribution in [3.8, 4) is 0 Å². The van der Waals surface area contributed by atoms with Crippen molar-refractivity contribution >= 4 is 21.9 Å². The zero-order valence-electron chi connectivity index (χ0n) is 13.9. The highest BCUT2D eigenvalue weighted by atomic mass is 79.9. The van der Waals surface area contributed by atoms with Gasteiger partial charge in [-0.1, -0.05) is 22.0 Å². The van der Waals surface area contributed by atoms with Crippen molar-refractivity contribution in [3.05, 3.63) is 33.8 Å². The lowest BCUT2D eigenvalue weighted by Crippen LogP contribution is -2.40. The molecule has 3 nitrogen and oxygen atoms in total. The molecule has 0 N–H and O–H groups in total. The lowest BCUT2D eigenvalue weighted by molar-refractivity contribution is -0.160. The van der Waals surface area contributed by atoms with E-state index in [0.717, 1.165) is 12.5 Å². The number of hydrogen-bond donors (Lipinski definition) is 0. The molecule has 0 aliphatic carbocycles. The van der Waals surface area contributed by atoms with E-state index in [1.54, 1.807) is 31.7 Å². The Hall–Kier alpha value is -1.08. The van der Waals surface area contributed by atoms with Crippen molar-refractivity contribution in [1.82, 2.24) is 4.90 Å². The smallest absolute Gasteiger partial charge is 0.416 e. The summed E-state index contributed by atoms with van der Waals surface area (Å²) in [7, 11) is 0. The van der Waals surface area contributed by atoms with E-state index in [4.69, 9.17) is 4.74 Å². The molecule has 0 amide bonds. The molecule has 1 saturated heterocycles. The maximum Gasteiger partial charge on any atom is 0.416 e. The molecule has 24 heavy (non-hydrogen) atoms. The Labute approximate surface area is 148 Å². The Kier molecular flexibility index (Phi) is 5.64. The number of carbonyl (C=O) groups is 1. The Balaban J connectivity index is 2.23. The molecule has 1 aromatic carbocycles. The minimum atomic E-state index is -4.43. The SMILES string of the molecule is CC(C)(C)OC(=O)[C@@H]1CCCN1Cc1c(Br)cccc1C(F)(F)F. The summed E-state index contributed by atoms with van der Waals surface area (Å²) < 4.78 is 45.5. The summed E-state index contributed by atoms with van der Waals surface area (Å²) in [6.45, 7) is 5.96. The number of hydrogen-bond acceptors (Lipinski definition) is 3. The van der Waals surface area contributed by atoms with Crippen LogP contribution in [-0.4, -0.2) is 29.1 Å². The number of halogens is 4. The first-order chi connectivity index (χ1) is 11.0. The van der Waals surface area contributed by atoms with Crippen molar-refractivity contribution in [2.45, 2.75) is 58.0 Å². The number of benzene rings is 1. The summed E-state index contributed by atoms with van der Waals surface area (Å²) in [4.78, 5) is 14.1. The van der Waals surface area contributed by atoms with Crippen LogP contribution in [0.1, 0.15) is 44.7 Å². The summed E-state index contributed by atoms with van der Waals surface area (Å²) in [5.74, 6) is -0.374. The van der Waals surface area contributed by atoms with E-state index in [2.05, 4.69) is 15.9 Å². The van der Waals surface area contributed by atoms with Crippen LogP contribution in [0.15, 0.2) is 22.7 Å². The third kappa shape index (κ3) is 4.72. The first kappa shape index (κ1) is 19.2. The van der Waals surface area contributed by atoms with Gasteiger partial charge in [-0.05, 0) is 57.9 Å². The van der Waals surface area contributed by atoms with E-state index in [-0.39, 0.29) is 18.1 Å². The van der Waals surface area contributed by atoms with E-state index in [0.29, 0.717) is 17.4 Å². The maximum absolute atomic E-state index is 13.2. The van der Waals surface area contributed by atoms with Crippen LogP contribution in [0.3, 0.4) is 0 Å². The molecular formula is C17H21BrF3NO2. The van der Waals surface area contributed by atoms with Crippen molar-refractivity contribution in [2.24, 2.45) is 0 Å². The summed E-state index contributed by atoms with van der Waals surface area (Å²) in [5.41, 5.74) is -1.14. The molecule has 0 aromatic heterocycles. The minimum absolute atomic E-state index is 0.0557. The second-order valence-electron chi connectivity index (χ2n) is 6.93. The molecular weight excluding hydrogens is 387 g/mol. The van der Waals surface area contributed by atoms with Gasteiger partial charge in [0.2, 0.25) is 0 Å². The monoisotopic (exact) mass is 407 g/mol. The van der Waals surface area contributed by atoms with E-state index in [1.165, 1.54) is 6.07 Å². The van der Waals surface area contributed by atoms with Crippen LogP contribution in [0.25, 0.3) is 0 Å². The van der Waals surface area contributed by atoms with Gasteiger partial charge in [0, 0.05) is 11.0 Å². The summed E-state index contributed by atoms with van der Waals surface area (Å²) >= 11 is 3.21. The van der Waals surface area contributed by atoms with Crippen LogP contribution in [0.4, 0.5) is 13.2 Å². The second kappa shape index (κ2) is 7.04. The van der Waals surface area contributed by atoms with E-state index in [1.807, 2.05) is 0 Å². The lowest BCUT2D eigenvalue weighted by Gasteiger charge is -2.28. The topological polar surface area (TPSA) is 29.5 Å². The average molecular weight is 408 g/mol. The van der Waals surface area contributed by atoms with Gasteiger partial charge in [-0.3, -0.25) is 9.69 Å². The van der Waals surface area contributed by atoms with Gasteiger partial charge < -0.3 is 4.74 Å². The Morgan fingerprint density at radius 2 is 2.00 bits per heavy atom. The summed E-state index contributed by atoms with van der Waals surface area (Å²) in [6, 6.07) is 3.52. The van der Waals surface area contributed by atoms with Gasteiger partial charge in [-0.15, -0.1) is 0 Å². The summed E-state index contributed by atoms with van der Waals surface area (Å²) in [6.07, 6.45) is -3.07. The molecule has 1 aliphatic rings. The number of rotatable bonds is 3. The minimum Gasteiger partial charge on any atom is -0.459 e. The van der Waals surface area contributed by atoms with E-state index < -0.39 is 23.4 Å². The fraction of sp³-hybridized carbons (Fsp3) is 0.588. The van der Waals surface area contributed by atoms with Crippen LogP contribution in [0.5, 0.6) is 0 Å². The molecule has 0 spiro atoms. The molecule has 1 atom stereocenters. The number of carbonyl (C=O) groups excluding carboxylic acids is 1. The number of nitrogens with zero attached hydrogens (tertiary/aromatic N) is 1. The highest BCUT2D eigenvalue weighted by Gasteiger charge is 2.38. The molecule has 134 valence electrons. The van der Waals surface area contributed by atoms with Gasteiger partial charge >= 0.3 is 12.1 Å². The second-order valence-corrected chi connectivity index (χ2v) is 7.78. The van der Waals surface area contributed by atoms with Gasteiger partial charge in [-0.25, -0.2) is 0 Å². The van der Waals surface area contributed by atoms with Crippen LogP contribution in [-0.2, 0) is 22.3 Å². The third-order valence-electron chi connectivity index (χ3n) is 3.83. The third-order valence-corrected chi connectivity index (χ3v) is 4.57. The number of esters is 1. The molecule has 2 rings (SSSR count). The molecule has 0 saturated carbocycles. The molecule has 0 bridgehead atoms. The number of ether oxygens (including phenoxy) is 1. The normalized spacial score (nSPS) is 19.5. The standard InChI is InChI=1S/C17H21BrF3NO2/c1-16(2,3)24-15(23)14-8-5-9-22(14)10-11-12(17(19,20)21)6-4-7-13(11)18/h4,6-7,14H,5,8-10H2,1-3H3/t14-/m0/s1. The van der Waals surface area contributed by atoms with E-state index >= 15 is 0 Å². The van der Waals surface area contributed by atoms with Crippen molar-refractivity contribution in [1.29, 1.82) is 0 Å². The van der Waals surface area contributed by atoms with Crippen LogP contribution in [0.2, 0.25) is 0 Å². The van der Waals surface area contributed by atoms with Gasteiger partial charge in [-0.2, -0.15) is 13.2 Å².